The Morgan fingerprint density at radius 1 is 1.16 bits per heavy atom. The third kappa shape index (κ3) is 6.42. The van der Waals surface area contributed by atoms with Gasteiger partial charge in [-0.3, -0.25) is 4.90 Å². The number of aryl methyl sites for hydroxylation is 1. The van der Waals surface area contributed by atoms with Crippen LogP contribution >= 0.6 is 0 Å². The summed E-state index contributed by atoms with van der Waals surface area (Å²) >= 11 is 0. The van der Waals surface area contributed by atoms with Gasteiger partial charge in [-0.1, -0.05) is 27.7 Å². The van der Waals surface area contributed by atoms with Crippen LogP contribution in [-0.2, 0) is 18.3 Å². The summed E-state index contributed by atoms with van der Waals surface area (Å²) in [7, 11) is 1.99. The van der Waals surface area contributed by atoms with Gasteiger partial charge in [0.25, 0.3) is 0 Å². The number of ether oxygens (including phenoxy) is 1. The zero-order valence-corrected chi connectivity index (χ0v) is 20.4. The van der Waals surface area contributed by atoms with E-state index in [0.29, 0.717) is 18.5 Å². The lowest BCUT2D eigenvalue weighted by atomic mass is 9.78. The molecule has 0 aromatic carbocycles. The predicted molar refractivity (Wildman–Crippen MR) is 125 cm³/mol. The molecule has 2 aliphatic rings. The van der Waals surface area contributed by atoms with E-state index in [1.54, 1.807) is 0 Å². The third-order valence-corrected chi connectivity index (χ3v) is 6.80. The van der Waals surface area contributed by atoms with E-state index in [2.05, 4.69) is 53.4 Å². The second-order valence-corrected chi connectivity index (χ2v) is 10.1. The molecular weight excluding hydrogens is 390 g/mol. The number of nitrogens with one attached hydrogen (secondary N) is 2. The smallest absolute Gasteiger partial charge is 0.191 e. The van der Waals surface area contributed by atoms with Gasteiger partial charge in [0.1, 0.15) is 12.4 Å². The molecule has 0 spiro atoms. The van der Waals surface area contributed by atoms with Crippen molar-refractivity contribution in [1.29, 1.82) is 0 Å². The van der Waals surface area contributed by atoms with Gasteiger partial charge < -0.3 is 19.9 Å². The highest BCUT2D eigenvalue weighted by Gasteiger charge is 2.35. The molecule has 2 N–H and O–H groups in total. The van der Waals surface area contributed by atoms with E-state index in [4.69, 9.17) is 9.73 Å². The molecule has 0 amide bonds. The Morgan fingerprint density at radius 3 is 2.61 bits per heavy atom. The molecule has 2 saturated heterocycles. The van der Waals surface area contributed by atoms with Crippen LogP contribution in [0.1, 0.15) is 65.0 Å². The van der Waals surface area contributed by atoms with Crippen LogP contribution < -0.4 is 10.6 Å². The van der Waals surface area contributed by atoms with Crippen molar-refractivity contribution in [2.75, 3.05) is 32.8 Å². The van der Waals surface area contributed by atoms with Crippen molar-refractivity contribution in [1.82, 2.24) is 30.3 Å². The molecular formula is C23H43N7O. The monoisotopic (exact) mass is 433 g/mol. The normalized spacial score (nSPS) is 25.7. The molecule has 2 fully saturated rings. The average molecular weight is 434 g/mol. The lowest BCUT2D eigenvalue weighted by molar-refractivity contribution is -0.0835. The van der Waals surface area contributed by atoms with Gasteiger partial charge in [0, 0.05) is 38.7 Å². The fourth-order valence-electron chi connectivity index (χ4n) is 4.91. The topological polar surface area (TPSA) is 79.6 Å². The molecule has 3 rings (SSSR count). The summed E-state index contributed by atoms with van der Waals surface area (Å²) in [5.74, 6) is 3.13. The molecule has 3 heterocycles. The van der Waals surface area contributed by atoms with Gasteiger partial charge in [0.05, 0.1) is 6.10 Å². The van der Waals surface area contributed by atoms with Crippen LogP contribution in [-0.4, -0.2) is 70.6 Å². The van der Waals surface area contributed by atoms with E-state index < -0.39 is 0 Å². The van der Waals surface area contributed by atoms with Gasteiger partial charge in [0.2, 0.25) is 0 Å². The molecule has 0 saturated carbocycles. The van der Waals surface area contributed by atoms with Crippen molar-refractivity contribution < 1.29 is 4.74 Å². The van der Waals surface area contributed by atoms with Crippen molar-refractivity contribution in [2.45, 2.75) is 79.0 Å². The lowest BCUT2D eigenvalue weighted by Gasteiger charge is -2.40. The van der Waals surface area contributed by atoms with Gasteiger partial charge in [-0.15, -0.1) is 10.2 Å². The van der Waals surface area contributed by atoms with Crippen LogP contribution in [0.15, 0.2) is 4.99 Å². The first-order chi connectivity index (χ1) is 14.8. The Balaban J connectivity index is 1.65. The minimum atomic E-state index is 0.138. The van der Waals surface area contributed by atoms with E-state index in [1.165, 1.54) is 25.8 Å². The molecule has 3 unspecified atom stereocenters. The number of nitrogens with zero attached hydrogens (tertiary/aromatic N) is 5. The van der Waals surface area contributed by atoms with E-state index in [0.717, 1.165) is 50.3 Å². The summed E-state index contributed by atoms with van der Waals surface area (Å²) in [5.41, 5.74) is 0.138. The number of rotatable bonds is 7. The number of likely N-dealkylation sites (N-methyl/N-ethyl adjacent to an activating group) is 1. The lowest BCUT2D eigenvalue weighted by Crippen LogP contribution is -2.49. The highest BCUT2D eigenvalue weighted by molar-refractivity contribution is 5.79. The van der Waals surface area contributed by atoms with E-state index in [-0.39, 0.29) is 11.5 Å². The zero-order chi connectivity index (χ0) is 22.4. The van der Waals surface area contributed by atoms with Gasteiger partial charge >= 0.3 is 0 Å². The maximum Gasteiger partial charge on any atom is 0.191 e. The van der Waals surface area contributed by atoms with Crippen molar-refractivity contribution in [2.24, 2.45) is 23.4 Å². The van der Waals surface area contributed by atoms with Gasteiger partial charge in [0.15, 0.2) is 11.8 Å². The fourth-order valence-corrected chi connectivity index (χ4v) is 4.91. The molecule has 8 nitrogen and oxygen atoms in total. The first kappa shape index (κ1) is 24.0. The SMILES string of the molecule is CCN1CCCC1CNC(=NCc1nnc(C)n1C)NCC1CCCOC1C(C)(C)C. The second-order valence-electron chi connectivity index (χ2n) is 10.1. The van der Waals surface area contributed by atoms with Crippen LogP contribution in [0, 0.1) is 18.3 Å². The summed E-state index contributed by atoms with van der Waals surface area (Å²) < 4.78 is 8.18. The second kappa shape index (κ2) is 10.8. The van der Waals surface area contributed by atoms with E-state index in [1.807, 2.05) is 18.5 Å². The molecule has 1 aromatic heterocycles. The quantitative estimate of drug-likeness (QED) is 0.508. The van der Waals surface area contributed by atoms with Crippen LogP contribution in [0.4, 0.5) is 0 Å². The van der Waals surface area contributed by atoms with Crippen LogP contribution in [0.5, 0.6) is 0 Å². The fraction of sp³-hybridized carbons (Fsp3) is 0.870. The molecule has 1 aromatic rings. The Bertz CT molecular complexity index is 724. The predicted octanol–water partition coefficient (Wildman–Crippen LogP) is 2.48. The van der Waals surface area contributed by atoms with Gasteiger partial charge in [-0.25, -0.2) is 4.99 Å². The maximum absolute atomic E-state index is 6.18. The first-order valence-corrected chi connectivity index (χ1v) is 12.0. The average Bonchev–Trinajstić information content (AvgIpc) is 3.33. The van der Waals surface area contributed by atoms with Crippen LogP contribution in [0.25, 0.3) is 0 Å². The largest absolute Gasteiger partial charge is 0.377 e. The van der Waals surface area contributed by atoms with Crippen molar-refractivity contribution in [3.63, 3.8) is 0 Å². The van der Waals surface area contributed by atoms with Crippen LogP contribution in [0.2, 0.25) is 0 Å². The summed E-state index contributed by atoms with van der Waals surface area (Å²) in [4.78, 5) is 7.42. The zero-order valence-electron chi connectivity index (χ0n) is 20.4. The van der Waals surface area contributed by atoms with Crippen LogP contribution in [0.3, 0.4) is 0 Å². The molecule has 31 heavy (non-hydrogen) atoms. The third-order valence-electron chi connectivity index (χ3n) is 6.80. The molecule has 3 atom stereocenters. The molecule has 0 bridgehead atoms. The first-order valence-electron chi connectivity index (χ1n) is 12.0. The van der Waals surface area contributed by atoms with Crippen molar-refractivity contribution in [3.8, 4) is 0 Å². The number of aromatic nitrogens is 3. The number of aliphatic imine (C=N–C) groups is 1. The number of likely N-dealkylation sites (tertiary alicyclic amines) is 1. The molecule has 8 heteroatoms. The van der Waals surface area contributed by atoms with Crippen molar-refractivity contribution >= 4 is 5.96 Å². The Labute approximate surface area is 188 Å². The summed E-state index contributed by atoms with van der Waals surface area (Å²) in [6.45, 7) is 16.5. The molecule has 2 aliphatic heterocycles. The minimum absolute atomic E-state index is 0.138. The summed E-state index contributed by atoms with van der Waals surface area (Å²) in [5, 5.41) is 15.7. The van der Waals surface area contributed by atoms with Gasteiger partial charge in [-0.2, -0.15) is 0 Å². The highest BCUT2D eigenvalue weighted by Crippen LogP contribution is 2.33. The Hall–Kier alpha value is -1.67. The van der Waals surface area contributed by atoms with E-state index >= 15 is 0 Å². The maximum atomic E-state index is 6.18. The standard InChI is InChI=1S/C23H43N7O/c1-7-30-12-8-11-19(30)15-25-22(26-16-20-28-27-17(2)29(20)6)24-14-18-10-9-13-31-21(18)23(3,4)5/h18-19,21H,7-16H2,1-6H3,(H2,24,25,26). The number of guanidine groups is 1. The molecule has 0 aliphatic carbocycles. The minimum Gasteiger partial charge on any atom is -0.377 e. The van der Waals surface area contributed by atoms with Crippen molar-refractivity contribution in [3.05, 3.63) is 11.6 Å². The highest BCUT2D eigenvalue weighted by atomic mass is 16.5. The number of hydrogen-bond acceptors (Lipinski definition) is 5. The van der Waals surface area contributed by atoms with Gasteiger partial charge in [-0.05, 0) is 51.1 Å². The Morgan fingerprint density at radius 2 is 1.94 bits per heavy atom. The summed E-state index contributed by atoms with van der Waals surface area (Å²) in [6, 6.07) is 0.578. The molecule has 0 radical (unpaired) electrons. The Kier molecular flexibility index (Phi) is 8.33. The molecule has 176 valence electrons. The van der Waals surface area contributed by atoms with E-state index in [9.17, 15) is 0 Å². The number of hydrogen-bond donors (Lipinski definition) is 2. The summed E-state index contributed by atoms with van der Waals surface area (Å²) in [6.07, 6.45) is 5.12.